The molecule has 0 aromatic heterocycles. The minimum atomic E-state index is -0.292. The van der Waals surface area contributed by atoms with Gasteiger partial charge in [0.05, 0.1) is 27.3 Å². The largest absolute Gasteiger partial charge is 0.493 e. The molecule has 24 heavy (non-hydrogen) atoms. The minimum Gasteiger partial charge on any atom is -0.493 e. The van der Waals surface area contributed by atoms with Crippen molar-refractivity contribution in [3.05, 3.63) is 18.2 Å². The number of hydrogen-bond donors (Lipinski definition) is 2. The molecule has 0 saturated heterocycles. The highest BCUT2D eigenvalue weighted by molar-refractivity contribution is 5.93. The summed E-state index contributed by atoms with van der Waals surface area (Å²) < 4.78 is 10.4. The first-order chi connectivity index (χ1) is 11.1. The Bertz CT molecular complexity index is 582. The Morgan fingerprint density at radius 1 is 1.04 bits per heavy atom. The van der Waals surface area contributed by atoms with Crippen LogP contribution in [0.1, 0.15) is 20.8 Å². The molecule has 0 atom stereocenters. The molecule has 0 spiro atoms. The zero-order valence-electron chi connectivity index (χ0n) is 15.2. The smallest absolute Gasteiger partial charge is 0.238 e. The van der Waals surface area contributed by atoms with Crippen molar-refractivity contribution in [3.8, 4) is 11.5 Å². The van der Waals surface area contributed by atoms with Gasteiger partial charge in [-0.05, 0) is 40.0 Å². The molecule has 0 saturated carbocycles. The number of nitrogens with zero attached hydrogens (tertiary/aromatic N) is 1. The third-order valence-electron chi connectivity index (χ3n) is 3.01. The molecule has 0 heterocycles. The second-order valence-corrected chi connectivity index (χ2v) is 6.59. The lowest BCUT2D eigenvalue weighted by Gasteiger charge is -2.23. The number of likely N-dealkylation sites (N-methyl/N-ethyl adjacent to an activating group) is 1. The quantitative estimate of drug-likeness (QED) is 0.788. The Hall–Kier alpha value is -2.28. The van der Waals surface area contributed by atoms with Crippen LogP contribution in [0.25, 0.3) is 0 Å². The third kappa shape index (κ3) is 6.87. The summed E-state index contributed by atoms with van der Waals surface area (Å²) in [5, 5.41) is 5.63. The standard InChI is InChI=1S/C17H27N3O4/c1-17(2,3)19-16(22)11-20(4)10-15(21)18-12-7-8-13(23-5)14(9-12)24-6/h7-9H,10-11H2,1-6H3,(H,18,21)(H,19,22). The SMILES string of the molecule is COc1ccc(NC(=O)CN(C)CC(=O)NC(C)(C)C)cc1OC. The van der Waals surface area contributed by atoms with E-state index in [0.29, 0.717) is 17.2 Å². The molecular formula is C17H27N3O4. The van der Waals surface area contributed by atoms with E-state index in [2.05, 4.69) is 10.6 Å². The topological polar surface area (TPSA) is 79.9 Å². The number of rotatable bonds is 7. The molecule has 0 aliphatic heterocycles. The van der Waals surface area contributed by atoms with Gasteiger partial charge in [-0.2, -0.15) is 0 Å². The Labute approximate surface area is 143 Å². The van der Waals surface area contributed by atoms with Gasteiger partial charge in [-0.3, -0.25) is 14.5 Å². The van der Waals surface area contributed by atoms with Crippen LogP contribution in [0.15, 0.2) is 18.2 Å². The molecule has 1 aromatic rings. The molecule has 2 N–H and O–H groups in total. The minimum absolute atomic E-state index is 0.103. The predicted molar refractivity (Wildman–Crippen MR) is 93.6 cm³/mol. The lowest BCUT2D eigenvalue weighted by Crippen LogP contribution is -2.46. The molecule has 0 fully saturated rings. The van der Waals surface area contributed by atoms with Crippen LogP contribution in [0.3, 0.4) is 0 Å². The Kier molecular flexibility index (Phi) is 7.03. The number of benzene rings is 1. The number of hydrogen-bond acceptors (Lipinski definition) is 5. The average Bonchev–Trinajstić information content (AvgIpc) is 2.44. The van der Waals surface area contributed by atoms with Gasteiger partial charge in [-0.15, -0.1) is 0 Å². The molecular weight excluding hydrogens is 310 g/mol. The van der Waals surface area contributed by atoms with E-state index in [0.717, 1.165) is 0 Å². The first-order valence-corrected chi connectivity index (χ1v) is 7.66. The summed E-state index contributed by atoms with van der Waals surface area (Å²) in [6, 6.07) is 5.13. The first-order valence-electron chi connectivity index (χ1n) is 7.66. The summed E-state index contributed by atoms with van der Waals surface area (Å²) in [5.41, 5.74) is 0.310. The van der Waals surface area contributed by atoms with Crippen molar-refractivity contribution in [3.63, 3.8) is 0 Å². The van der Waals surface area contributed by atoms with Crippen molar-refractivity contribution in [2.75, 3.05) is 39.7 Å². The fraction of sp³-hybridized carbons (Fsp3) is 0.529. The molecule has 1 rings (SSSR count). The number of methoxy groups -OCH3 is 2. The van der Waals surface area contributed by atoms with Gasteiger partial charge in [0.15, 0.2) is 11.5 Å². The van der Waals surface area contributed by atoms with E-state index >= 15 is 0 Å². The van der Waals surface area contributed by atoms with Crippen molar-refractivity contribution in [1.29, 1.82) is 0 Å². The Balaban J connectivity index is 2.55. The Morgan fingerprint density at radius 2 is 1.62 bits per heavy atom. The van der Waals surface area contributed by atoms with E-state index in [-0.39, 0.29) is 30.4 Å². The van der Waals surface area contributed by atoms with Gasteiger partial charge in [-0.1, -0.05) is 0 Å². The van der Waals surface area contributed by atoms with Crippen molar-refractivity contribution >= 4 is 17.5 Å². The van der Waals surface area contributed by atoms with Crippen LogP contribution < -0.4 is 20.1 Å². The lowest BCUT2D eigenvalue weighted by molar-refractivity contribution is -0.124. The number of carbonyl (C=O) groups excluding carboxylic acids is 2. The van der Waals surface area contributed by atoms with Crippen LogP contribution in [0.5, 0.6) is 11.5 Å². The summed E-state index contributed by atoms with van der Waals surface area (Å²) in [6.07, 6.45) is 0. The van der Waals surface area contributed by atoms with E-state index in [9.17, 15) is 9.59 Å². The molecule has 134 valence electrons. The van der Waals surface area contributed by atoms with Crippen LogP contribution in [0, 0.1) is 0 Å². The van der Waals surface area contributed by atoms with E-state index in [1.165, 1.54) is 7.11 Å². The zero-order valence-corrected chi connectivity index (χ0v) is 15.2. The maximum Gasteiger partial charge on any atom is 0.238 e. The van der Waals surface area contributed by atoms with Gasteiger partial charge in [0.1, 0.15) is 0 Å². The highest BCUT2D eigenvalue weighted by Gasteiger charge is 2.16. The Morgan fingerprint density at radius 3 is 2.17 bits per heavy atom. The van der Waals surface area contributed by atoms with Crippen molar-refractivity contribution in [2.45, 2.75) is 26.3 Å². The van der Waals surface area contributed by atoms with Crippen molar-refractivity contribution in [2.24, 2.45) is 0 Å². The molecule has 0 radical (unpaired) electrons. The first kappa shape index (κ1) is 19.8. The number of carbonyl (C=O) groups is 2. The molecule has 7 nitrogen and oxygen atoms in total. The molecule has 1 aromatic carbocycles. The summed E-state index contributed by atoms with van der Waals surface area (Å²) in [7, 11) is 4.80. The summed E-state index contributed by atoms with van der Waals surface area (Å²) in [5.74, 6) is 0.789. The van der Waals surface area contributed by atoms with Crippen LogP contribution in [-0.2, 0) is 9.59 Å². The van der Waals surface area contributed by atoms with E-state index in [4.69, 9.17) is 9.47 Å². The molecule has 0 unspecified atom stereocenters. The maximum absolute atomic E-state index is 12.1. The second kappa shape index (κ2) is 8.54. The molecule has 7 heteroatoms. The third-order valence-corrected chi connectivity index (χ3v) is 3.01. The number of nitrogens with one attached hydrogen (secondary N) is 2. The van der Waals surface area contributed by atoms with Crippen LogP contribution in [-0.4, -0.2) is 56.6 Å². The van der Waals surface area contributed by atoms with Crippen molar-refractivity contribution < 1.29 is 19.1 Å². The van der Waals surface area contributed by atoms with E-state index in [1.807, 2.05) is 20.8 Å². The number of anilines is 1. The van der Waals surface area contributed by atoms with Crippen molar-refractivity contribution in [1.82, 2.24) is 10.2 Å². The highest BCUT2D eigenvalue weighted by Crippen LogP contribution is 2.29. The monoisotopic (exact) mass is 337 g/mol. The highest BCUT2D eigenvalue weighted by atomic mass is 16.5. The van der Waals surface area contributed by atoms with E-state index in [1.54, 1.807) is 37.3 Å². The normalized spacial score (nSPS) is 11.1. The number of amides is 2. The van der Waals surface area contributed by atoms with Crippen LogP contribution in [0.2, 0.25) is 0 Å². The summed E-state index contributed by atoms with van der Waals surface area (Å²) in [4.78, 5) is 25.6. The molecule has 0 aliphatic carbocycles. The fourth-order valence-electron chi connectivity index (χ4n) is 2.12. The number of ether oxygens (including phenoxy) is 2. The summed E-state index contributed by atoms with van der Waals surface area (Å²) in [6.45, 7) is 5.99. The summed E-state index contributed by atoms with van der Waals surface area (Å²) >= 11 is 0. The predicted octanol–water partition coefficient (Wildman–Crippen LogP) is 1.49. The molecule has 0 bridgehead atoms. The maximum atomic E-state index is 12.1. The second-order valence-electron chi connectivity index (χ2n) is 6.59. The fourth-order valence-corrected chi connectivity index (χ4v) is 2.12. The van der Waals surface area contributed by atoms with Gasteiger partial charge < -0.3 is 20.1 Å². The van der Waals surface area contributed by atoms with E-state index < -0.39 is 0 Å². The lowest BCUT2D eigenvalue weighted by atomic mass is 10.1. The molecule has 2 amide bonds. The van der Waals surface area contributed by atoms with Gasteiger partial charge in [0, 0.05) is 17.3 Å². The van der Waals surface area contributed by atoms with Crippen LogP contribution in [0.4, 0.5) is 5.69 Å². The van der Waals surface area contributed by atoms with Gasteiger partial charge in [0.25, 0.3) is 0 Å². The van der Waals surface area contributed by atoms with Gasteiger partial charge >= 0.3 is 0 Å². The zero-order chi connectivity index (χ0) is 18.3. The van der Waals surface area contributed by atoms with Gasteiger partial charge in [0.2, 0.25) is 11.8 Å². The molecule has 0 aliphatic rings. The van der Waals surface area contributed by atoms with Gasteiger partial charge in [-0.25, -0.2) is 0 Å². The van der Waals surface area contributed by atoms with Crippen LogP contribution >= 0.6 is 0 Å². The average molecular weight is 337 g/mol.